The Bertz CT molecular complexity index is 1000. The zero-order valence-electron chi connectivity index (χ0n) is 15.9. The molecule has 4 rings (SSSR count). The third kappa shape index (κ3) is 4.33. The van der Waals surface area contributed by atoms with Crippen LogP contribution in [0, 0.1) is 5.82 Å². The number of urea groups is 1. The number of nitrogens with zero attached hydrogens (tertiary/aromatic N) is 4. The molecular weight excluding hydrogens is 417 g/mol. The molecule has 0 saturated carbocycles. The van der Waals surface area contributed by atoms with Crippen molar-refractivity contribution in [2.75, 3.05) is 18.0 Å². The van der Waals surface area contributed by atoms with Crippen LogP contribution in [0.5, 0.6) is 0 Å². The molecule has 6 nitrogen and oxygen atoms in total. The van der Waals surface area contributed by atoms with Gasteiger partial charge < -0.3 is 9.32 Å². The minimum Gasteiger partial charge on any atom is -0.415 e. The van der Waals surface area contributed by atoms with Gasteiger partial charge in [0.1, 0.15) is 5.82 Å². The van der Waals surface area contributed by atoms with Gasteiger partial charge in [-0.25, -0.2) is 9.18 Å². The number of amides is 2. The Balaban J connectivity index is 1.57. The molecule has 10 heteroatoms. The van der Waals surface area contributed by atoms with Crippen LogP contribution in [0.15, 0.2) is 39.4 Å². The number of likely N-dealkylation sites (tertiary alicyclic amines) is 1. The number of aromatic nitrogens is 2. The van der Waals surface area contributed by atoms with E-state index in [2.05, 4.69) is 10.2 Å². The molecule has 0 radical (unpaired) electrons. The number of thiophene rings is 1. The van der Waals surface area contributed by atoms with Crippen LogP contribution in [-0.4, -0.2) is 34.2 Å². The molecule has 30 heavy (non-hydrogen) atoms. The summed E-state index contributed by atoms with van der Waals surface area (Å²) >= 11 is 1.46. The van der Waals surface area contributed by atoms with Gasteiger partial charge in [-0.3, -0.25) is 4.90 Å². The number of halogens is 3. The highest BCUT2D eigenvalue weighted by Gasteiger charge is 2.25. The lowest BCUT2D eigenvalue weighted by Crippen LogP contribution is -2.45. The molecule has 3 heterocycles. The van der Waals surface area contributed by atoms with Crippen molar-refractivity contribution in [1.82, 2.24) is 15.1 Å². The summed E-state index contributed by atoms with van der Waals surface area (Å²) in [7, 11) is 0. The molecule has 0 atom stereocenters. The number of piperidine rings is 1. The van der Waals surface area contributed by atoms with Gasteiger partial charge in [0.25, 0.3) is 5.89 Å². The van der Waals surface area contributed by atoms with Crippen LogP contribution >= 0.6 is 11.3 Å². The summed E-state index contributed by atoms with van der Waals surface area (Å²) in [5, 5.41) is 10.5. The van der Waals surface area contributed by atoms with E-state index in [9.17, 15) is 18.0 Å². The topological polar surface area (TPSA) is 62.5 Å². The predicted octanol–water partition coefficient (Wildman–Crippen LogP) is 5.49. The van der Waals surface area contributed by atoms with Crippen molar-refractivity contribution < 1.29 is 22.4 Å². The van der Waals surface area contributed by atoms with Crippen LogP contribution in [0.25, 0.3) is 11.5 Å². The number of hydrogen-bond donors (Lipinski definition) is 0. The van der Waals surface area contributed by atoms with Gasteiger partial charge in [-0.1, -0.05) is 6.07 Å². The Kier molecular flexibility index (Phi) is 6.03. The van der Waals surface area contributed by atoms with Gasteiger partial charge in [-0.15, -0.1) is 10.2 Å². The largest absolute Gasteiger partial charge is 0.415 e. The molecule has 1 aliphatic rings. The van der Waals surface area contributed by atoms with Gasteiger partial charge in [0.15, 0.2) is 0 Å². The van der Waals surface area contributed by atoms with Crippen molar-refractivity contribution in [3.63, 3.8) is 0 Å². The lowest BCUT2D eigenvalue weighted by atomic mass is 10.1. The molecule has 1 aromatic carbocycles. The monoisotopic (exact) mass is 436 g/mol. The predicted molar refractivity (Wildman–Crippen MR) is 106 cm³/mol. The second-order valence-electron chi connectivity index (χ2n) is 6.95. The Morgan fingerprint density at radius 2 is 2.00 bits per heavy atom. The average molecular weight is 436 g/mol. The van der Waals surface area contributed by atoms with Crippen LogP contribution in [0.3, 0.4) is 0 Å². The number of rotatable bonds is 5. The van der Waals surface area contributed by atoms with Crippen molar-refractivity contribution >= 4 is 23.1 Å². The first-order valence-electron chi connectivity index (χ1n) is 9.52. The van der Waals surface area contributed by atoms with Crippen LogP contribution < -0.4 is 4.90 Å². The van der Waals surface area contributed by atoms with Gasteiger partial charge in [0.2, 0.25) is 5.89 Å². The molecule has 1 aliphatic heterocycles. The van der Waals surface area contributed by atoms with E-state index in [1.165, 1.54) is 23.5 Å². The summed E-state index contributed by atoms with van der Waals surface area (Å²) < 4.78 is 45.0. The maximum atomic E-state index is 14.8. The molecule has 1 fully saturated rings. The number of benzene rings is 1. The van der Waals surface area contributed by atoms with Crippen molar-refractivity contribution in [2.24, 2.45) is 0 Å². The first kappa shape index (κ1) is 20.4. The number of anilines is 1. The van der Waals surface area contributed by atoms with Crippen LogP contribution in [0.4, 0.5) is 23.7 Å². The summed E-state index contributed by atoms with van der Waals surface area (Å²) in [4.78, 5) is 16.4. The van der Waals surface area contributed by atoms with E-state index >= 15 is 0 Å². The fourth-order valence-electron chi connectivity index (χ4n) is 3.35. The van der Waals surface area contributed by atoms with Gasteiger partial charge in [0, 0.05) is 29.6 Å². The number of carbonyl (C=O) groups excluding carboxylic acids is 1. The molecule has 0 bridgehead atoms. The second kappa shape index (κ2) is 8.86. The van der Waals surface area contributed by atoms with E-state index < -0.39 is 18.1 Å². The zero-order chi connectivity index (χ0) is 21.1. The highest BCUT2D eigenvalue weighted by atomic mass is 32.1. The Labute approximate surface area is 174 Å². The van der Waals surface area contributed by atoms with Crippen molar-refractivity contribution in [1.29, 1.82) is 0 Å². The van der Waals surface area contributed by atoms with Crippen molar-refractivity contribution in [3.05, 3.63) is 52.3 Å². The molecule has 0 aliphatic carbocycles. The molecular formula is C20H19F3N4O2S. The third-order valence-corrected chi connectivity index (χ3v) is 5.60. The van der Waals surface area contributed by atoms with Crippen LogP contribution in [0.1, 0.15) is 37.1 Å². The third-order valence-electron chi connectivity index (χ3n) is 4.93. The van der Waals surface area contributed by atoms with Crippen LogP contribution in [-0.2, 0) is 6.54 Å². The number of carbonyl (C=O) groups is 1. The summed E-state index contributed by atoms with van der Waals surface area (Å²) in [6.45, 7) is 1.42. The van der Waals surface area contributed by atoms with Crippen molar-refractivity contribution in [2.45, 2.75) is 32.2 Å². The molecule has 1 saturated heterocycles. The fourth-order valence-corrected chi connectivity index (χ4v) is 4.00. The molecule has 3 aromatic rings. The SMILES string of the molecule is O=C(N1CCCCC1)N(Cc1ccc(-c2nnc(C(F)F)o2)cc1F)c1ccsc1. The summed E-state index contributed by atoms with van der Waals surface area (Å²) in [6, 6.07) is 5.83. The summed E-state index contributed by atoms with van der Waals surface area (Å²) in [6.07, 6.45) is 0.116. The van der Waals surface area contributed by atoms with Gasteiger partial charge in [-0.2, -0.15) is 20.1 Å². The maximum Gasteiger partial charge on any atom is 0.324 e. The van der Waals surface area contributed by atoms with E-state index in [1.54, 1.807) is 9.80 Å². The second-order valence-corrected chi connectivity index (χ2v) is 7.73. The standard InChI is InChI=1S/C20H19F3N4O2S/c21-16-10-13(18-24-25-19(29-18)17(22)23)4-5-14(16)11-27(15-6-9-30-12-15)20(28)26-7-2-1-3-8-26/h4-6,9-10,12,17H,1-3,7-8,11H2. The van der Waals surface area contributed by atoms with Gasteiger partial charge in [-0.05, 0) is 42.8 Å². The van der Waals surface area contributed by atoms with Crippen LogP contribution in [0.2, 0.25) is 0 Å². The lowest BCUT2D eigenvalue weighted by Gasteiger charge is -2.32. The molecule has 2 aromatic heterocycles. The Hall–Kier alpha value is -2.88. The minimum atomic E-state index is -2.89. The smallest absolute Gasteiger partial charge is 0.324 e. The van der Waals surface area contributed by atoms with E-state index in [1.807, 2.05) is 16.8 Å². The highest BCUT2D eigenvalue weighted by Crippen LogP contribution is 2.27. The molecule has 0 spiro atoms. The van der Waals surface area contributed by atoms with E-state index in [0.717, 1.165) is 25.3 Å². The van der Waals surface area contributed by atoms with E-state index in [0.29, 0.717) is 24.3 Å². The molecule has 0 unspecified atom stereocenters. The minimum absolute atomic E-state index is 0.0459. The van der Waals surface area contributed by atoms with Crippen molar-refractivity contribution in [3.8, 4) is 11.5 Å². The average Bonchev–Trinajstić information content (AvgIpc) is 3.45. The van der Waals surface area contributed by atoms with E-state index in [4.69, 9.17) is 4.42 Å². The normalized spacial score (nSPS) is 14.3. The number of alkyl halides is 2. The first-order valence-corrected chi connectivity index (χ1v) is 10.5. The Morgan fingerprint density at radius 1 is 1.20 bits per heavy atom. The first-order chi connectivity index (χ1) is 14.5. The quantitative estimate of drug-likeness (QED) is 0.531. The lowest BCUT2D eigenvalue weighted by molar-refractivity contribution is 0.116. The number of hydrogen-bond acceptors (Lipinski definition) is 5. The highest BCUT2D eigenvalue weighted by molar-refractivity contribution is 7.08. The molecule has 0 N–H and O–H groups in total. The summed E-state index contributed by atoms with van der Waals surface area (Å²) in [5.74, 6) is -1.59. The van der Waals surface area contributed by atoms with Gasteiger partial charge >= 0.3 is 12.5 Å². The van der Waals surface area contributed by atoms with Gasteiger partial charge in [0.05, 0.1) is 12.2 Å². The van der Waals surface area contributed by atoms with E-state index in [-0.39, 0.29) is 24.0 Å². The zero-order valence-corrected chi connectivity index (χ0v) is 16.7. The molecule has 2 amide bonds. The Morgan fingerprint density at radius 3 is 2.63 bits per heavy atom. The molecule has 158 valence electrons. The fraction of sp³-hybridized carbons (Fsp3) is 0.350. The maximum absolute atomic E-state index is 14.8. The summed E-state index contributed by atoms with van der Waals surface area (Å²) in [5.41, 5.74) is 1.20.